The standard InChI is InChI=1S/C28H21N5O3S/c1-15-10-11-19-20(13-15)32-28(31-19)33-22(18-9-6-12-29-14-18)21(24(35)27(33)36)23(34)25-16(2)30-26(37-25)17-7-4-3-5-8-17/h3-14,22,35H,1-2H3,(H,31,32). The zero-order valence-corrected chi connectivity index (χ0v) is 20.8. The summed E-state index contributed by atoms with van der Waals surface area (Å²) in [5.41, 5.74) is 4.42. The molecule has 3 aromatic heterocycles. The molecule has 0 bridgehead atoms. The van der Waals surface area contributed by atoms with Crippen LogP contribution in [0.25, 0.3) is 21.6 Å². The van der Waals surface area contributed by atoms with Crippen molar-refractivity contribution >= 4 is 40.0 Å². The molecular weight excluding hydrogens is 486 g/mol. The van der Waals surface area contributed by atoms with E-state index in [0.29, 0.717) is 26.7 Å². The summed E-state index contributed by atoms with van der Waals surface area (Å²) in [5.74, 6) is -1.53. The van der Waals surface area contributed by atoms with Crippen molar-refractivity contribution in [2.24, 2.45) is 0 Å². The van der Waals surface area contributed by atoms with Crippen LogP contribution in [0, 0.1) is 13.8 Å². The van der Waals surface area contributed by atoms with Crippen LogP contribution in [0.2, 0.25) is 0 Å². The molecule has 1 unspecified atom stereocenters. The number of benzene rings is 2. The van der Waals surface area contributed by atoms with Crippen LogP contribution in [0.1, 0.15) is 32.5 Å². The first-order valence-corrected chi connectivity index (χ1v) is 12.4. The fourth-order valence-corrected chi connectivity index (χ4v) is 5.59. The number of rotatable bonds is 5. The Bertz CT molecular complexity index is 1710. The Labute approximate surface area is 216 Å². The Morgan fingerprint density at radius 3 is 2.62 bits per heavy atom. The summed E-state index contributed by atoms with van der Waals surface area (Å²) in [4.78, 5) is 45.7. The number of anilines is 1. The van der Waals surface area contributed by atoms with Crippen molar-refractivity contribution in [3.8, 4) is 10.6 Å². The van der Waals surface area contributed by atoms with E-state index < -0.39 is 23.5 Å². The van der Waals surface area contributed by atoms with Crippen LogP contribution in [0.5, 0.6) is 0 Å². The Morgan fingerprint density at radius 2 is 1.86 bits per heavy atom. The number of carbonyl (C=O) groups excluding carboxylic acids is 2. The van der Waals surface area contributed by atoms with Gasteiger partial charge in [-0.2, -0.15) is 0 Å². The summed E-state index contributed by atoms with van der Waals surface area (Å²) in [7, 11) is 0. The van der Waals surface area contributed by atoms with E-state index in [4.69, 9.17) is 0 Å². The molecule has 0 spiro atoms. The van der Waals surface area contributed by atoms with Crippen LogP contribution >= 0.6 is 11.3 Å². The second-order valence-corrected chi connectivity index (χ2v) is 9.84. The molecular formula is C28H21N5O3S. The molecule has 1 aliphatic rings. The molecule has 0 saturated heterocycles. The molecule has 1 atom stereocenters. The van der Waals surface area contributed by atoms with Crippen molar-refractivity contribution in [3.05, 3.63) is 106 Å². The highest BCUT2D eigenvalue weighted by atomic mass is 32.1. The van der Waals surface area contributed by atoms with Crippen molar-refractivity contribution < 1.29 is 14.7 Å². The maximum Gasteiger partial charge on any atom is 0.296 e. The molecule has 182 valence electrons. The van der Waals surface area contributed by atoms with Crippen LogP contribution in [0.15, 0.2) is 84.4 Å². The Kier molecular flexibility index (Phi) is 5.42. The second kappa shape index (κ2) is 8.79. The smallest absolute Gasteiger partial charge is 0.296 e. The van der Waals surface area contributed by atoms with Crippen LogP contribution in [0.3, 0.4) is 0 Å². The first-order valence-electron chi connectivity index (χ1n) is 11.6. The third-order valence-corrected chi connectivity index (χ3v) is 7.53. The number of aliphatic hydroxyl groups excluding tert-OH is 1. The van der Waals surface area contributed by atoms with Gasteiger partial charge in [-0.25, -0.2) is 9.97 Å². The quantitative estimate of drug-likeness (QED) is 0.305. The van der Waals surface area contributed by atoms with Gasteiger partial charge in [-0.3, -0.25) is 19.5 Å². The van der Waals surface area contributed by atoms with E-state index in [0.717, 1.165) is 16.6 Å². The number of ketones is 1. The molecule has 0 aliphatic carbocycles. The van der Waals surface area contributed by atoms with Gasteiger partial charge in [-0.1, -0.05) is 42.5 Å². The fourth-order valence-electron chi connectivity index (χ4n) is 4.57. The molecule has 9 heteroatoms. The normalized spacial score (nSPS) is 15.7. The molecule has 37 heavy (non-hydrogen) atoms. The number of carbonyl (C=O) groups is 2. The number of hydrogen-bond donors (Lipinski definition) is 2. The summed E-state index contributed by atoms with van der Waals surface area (Å²) in [6.45, 7) is 3.72. The molecule has 0 radical (unpaired) electrons. The van der Waals surface area contributed by atoms with Crippen LogP contribution in [0.4, 0.5) is 5.95 Å². The van der Waals surface area contributed by atoms with Crippen LogP contribution in [-0.2, 0) is 4.79 Å². The minimum atomic E-state index is -0.919. The SMILES string of the molecule is Cc1ccc2nc(N3C(=O)C(O)=C(C(=O)c4sc(-c5ccccc5)nc4C)C3c3cccnc3)[nH]c2c1. The summed E-state index contributed by atoms with van der Waals surface area (Å²) in [6.07, 6.45) is 3.19. The first-order chi connectivity index (χ1) is 17.9. The summed E-state index contributed by atoms with van der Waals surface area (Å²) in [5, 5.41) is 11.8. The highest BCUT2D eigenvalue weighted by Crippen LogP contribution is 2.42. The summed E-state index contributed by atoms with van der Waals surface area (Å²) >= 11 is 1.24. The number of nitrogens with zero attached hydrogens (tertiary/aromatic N) is 4. The average Bonchev–Trinajstić information content (AvgIpc) is 3.58. The molecule has 5 aromatic rings. The van der Waals surface area contributed by atoms with E-state index >= 15 is 0 Å². The van der Waals surface area contributed by atoms with Gasteiger partial charge in [-0.05, 0) is 43.2 Å². The molecule has 0 saturated carbocycles. The molecule has 1 amide bonds. The molecule has 2 aromatic carbocycles. The maximum atomic E-state index is 14.0. The highest BCUT2D eigenvalue weighted by molar-refractivity contribution is 7.17. The number of hydrogen-bond acceptors (Lipinski definition) is 7. The van der Waals surface area contributed by atoms with E-state index in [1.807, 2.05) is 55.5 Å². The lowest BCUT2D eigenvalue weighted by Gasteiger charge is -2.24. The van der Waals surface area contributed by atoms with Gasteiger partial charge in [0.25, 0.3) is 5.91 Å². The number of thiazole rings is 1. The lowest BCUT2D eigenvalue weighted by atomic mass is 9.96. The first kappa shape index (κ1) is 22.8. The predicted octanol–water partition coefficient (Wildman–Crippen LogP) is 5.48. The van der Waals surface area contributed by atoms with Gasteiger partial charge in [0.05, 0.1) is 33.2 Å². The third kappa shape index (κ3) is 3.80. The van der Waals surface area contributed by atoms with Crippen molar-refractivity contribution in [2.75, 3.05) is 4.90 Å². The maximum absolute atomic E-state index is 14.0. The fraction of sp³-hybridized carbons (Fsp3) is 0.107. The number of aromatic amines is 1. The second-order valence-electron chi connectivity index (χ2n) is 8.84. The number of aryl methyl sites for hydroxylation is 2. The van der Waals surface area contributed by atoms with Gasteiger partial charge in [0.2, 0.25) is 11.7 Å². The number of nitrogens with one attached hydrogen (secondary N) is 1. The zero-order valence-electron chi connectivity index (χ0n) is 20.0. The molecule has 4 heterocycles. The van der Waals surface area contributed by atoms with Crippen molar-refractivity contribution in [1.82, 2.24) is 19.9 Å². The number of aromatic nitrogens is 4. The van der Waals surface area contributed by atoms with Crippen molar-refractivity contribution in [3.63, 3.8) is 0 Å². The molecule has 6 rings (SSSR count). The van der Waals surface area contributed by atoms with Gasteiger partial charge in [0, 0.05) is 18.0 Å². The number of pyridine rings is 1. The van der Waals surface area contributed by atoms with E-state index in [1.54, 1.807) is 31.5 Å². The molecule has 8 nitrogen and oxygen atoms in total. The van der Waals surface area contributed by atoms with Gasteiger partial charge in [0.15, 0.2) is 5.76 Å². The number of imidazole rings is 1. The van der Waals surface area contributed by atoms with E-state index in [9.17, 15) is 14.7 Å². The largest absolute Gasteiger partial charge is 0.503 e. The minimum absolute atomic E-state index is 0.0269. The van der Waals surface area contributed by atoms with E-state index in [1.165, 1.54) is 16.2 Å². The number of H-pyrrole nitrogens is 1. The summed E-state index contributed by atoms with van der Waals surface area (Å²) in [6, 6.07) is 17.9. The summed E-state index contributed by atoms with van der Waals surface area (Å²) < 4.78 is 0. The Morgan fingerprint density at radius 1 is 1.05 bits per heavy atom. The van der Waals surface area contributed by atoms with Gasteiger partial charge >= 0.3 is 0 Å². The average molecular weight is 508 g/mol. The third-order valence-electron chi connectivity index (χ3n) is 6.33. The van der Waals surface area contributed by atoms with E-state index in [-0.39, 0.29) is 11.5 Å². The van der Waals surface area contributed by atoms with Gasteiger partial charge < -0.3 is 10.1 Å². The zero-order chi connectivity index (χ0) is 25.7. The number of fused-ring (bicyclic) bond motifs is 1. The lowest BCUT2D eigenvalue weighted by molar-refractivity contribution is -0.117. The van der Waals surface area contributed by atoms with Crippen LogP contribution < -0.4 is 4.90 Å². The topological polar surface area (TPSA) is 112 Å². The molecule has 0 fully saturated rings. The van der Waals surface area contributed by atoms with Gasteiger partial charge in [-0.15, -0.1) is 11.3 Å². The Balaban J connectivity index is 1.47. The Hall–Kier alpha value is -4.63. The molecule has 1 aliphatic heterocycles. The number of Topliss-reactive ketones (excluding diaryl/α,β-unsaturated/α-hetero) is 1. The lowest BCUT2D eigenvalue weighted by Crippen LogP contribution is -2.32. The predicted molar refractivity (Wildman–Crippen MR) is 142 cm³/mol. The minimum Gasteiger partial charge on any atom is -0.503 e. The van der Waals surface area contributed by atoms with E-state index in [2.05, 4.69) is 19.9 Å². The van der Waals surface area contributed by atoms with Crippen molar-refractivity contribution in [2.45, 2.75) is 19.9 Å². The molecule has 2 N–H and O–H groups in total. The highest BCUT2D eigenvalue weighted by Gasteiger charge is 2.46. The number of aliphatic hydroxyl groups is 1. The number of amides is 1. The van der Waals surface area contributed by atoms with Crippen LogP contribution in [-0.4, -0.2) is 36.7 Å². The monoisotopic (exact) mass is 507 g/mol. The van der Waals surface area contributed by atoms with Crippen molar-refractivity contribution in [1.29, 1.82) is 0 Å². The van der Waals surface area contributed by atoms with Gasteiger partial charge in [0.1, 0.15) is 5.01 Å².